The molecule has 1 N–H and O–H groups in total. The van der Waals surface area contributed by atoms with Gasteiger partial charge in [0.1, 0.15) is 0 Å². The van der Waals surface area contributed by atoms with E-state index in [9.17, 15) is 4.79 Å². The molecule has 1 fully saturated rings. The molecule has 114 valence electrons. The smallest absolute Gasteiger partial charge is 0.251 e. The molecule has 0 aliphatic heterocycles. The number of carbonyl (C=O) groups excluding carboxylic acids is 1. The van der Waals surface area contributed by atoms with Crippen LogP contribution in [0.15, 0.2) is 48.5 Å². The lowest BCUT2D eigenvalue weighted by molar-refractivity contribution is 0.0946. The predicted molar refractivity (Wildman–Crippen MR) is 90.1 cm³/mol. The molecule has 0 aromatic heterocycles. The minimum atomic E-state index is 0.0210. The third kappa shape index (κ3) is 2.66. The van der Waals surface area contributed by atoms with E-state index >= 15 is 0 Å². The van der Waals surface area contributed by atoms with Gasteiger partial charge in [0.25, 0.3) is 5.91 Å². The van der Waals surface area contributed by atoms with E-state index in [-0.39, 0.29) is 17.4 Å². The highest BCUT2D eigenvalue weighted by Crippen LogP contribution is 2.58. The molecule has 0 unspecified atom stereocenters. The molecule has 2 atom stereocenters. The van der Waals surface area contributed by atoms with Crippen LogP contribution >= 0.6 is 0 Å². The molecule has 22 heavy (non-hydrogen) atoms. The number of rotatable bonds is 3. The van der Waals surface area contributed by atoms with Crippen LogP contribution in [0.1, 0.15) is 46.8 Å². The average molecular weight is 293 g/mol. The molecule has 2 aromatic carbocycles. The van der Waals surface area contributed by atoms with Crippen LogP contribution in [0.4, 0.5) is 0 Å². The number of carbonyl (C=O) groups is 1. The number of aryl methyl sites for hydroxylation is 2. The molecular weight excluding hydrogens is 270 g/mol. The Morgan fingerprint density at radius 3 is 1.95 bits per heavy atom. The van der Waals surface area contributed by atoms with Crippen molar-refractivity contribution in [3.63, 3.8) is 0 Å². The number of nitrogens with one attached hydrogen (secondary N) is 1. The van der Waals surface area contributed by atoms with E-state index in [2.05, 4.69) is 50.4 Å². The Hall–Kier alpha value is -2.09. The molecule has 0 bridgehead atoms. The van der Waals surface area contributed by atoms with Gasteiger partial charge in [0.05, 0.1) is 0 Å². The lowest BCUT2D eigenvalue weighted by Gasteiger charge is -2.06. The van der Waals surface area contributed by atoms with Gasteiger partial charge in [-0.25, -0.2) is 0 Å². The highest BCUT2D eigenvalue weighted by molar-refractivity contribution is 5.94. The summed E-state index contributed by atoms with van der Waals surface area (Å²) < 4.78 is 0. The maximum Gasteiger partial charge on any atom is 0.251 e. The fourth-order valence-electron chi connectivity index (χ4n) is 3.23. The second-order valence-corrected chi connectivity index (χ2v) is 7.03. The Labute approximate surface area is 132 Å². The third-order valence-electron chi connectivity index (χ3n) is 4.86. The van der Waals surface area contributed by atoms with E-state index in [1.165, 1.54) is 16.7 Å². The number of benzene rings is 2. The minimum absolute atomic E-state index is 0.0210. The largest absolute Gasteiger partial charge is 0.348 e. The van der Waals surface area contributed by atoms with Crippen LogP contribution in [0.3, 0.4) is 0 Å². The molecule has 0 spiro atoms. The van der Waals surface area contributed by atoms with Gasteiger partial charge >= 0.3 is 0 Å². The van der Waals surface area contributed by atoms with Gasteiger partial charge in [0.2, 0.25) is 0 Å². The van der Waals surface area contributed by atoms with E-state index < -0.39 is 0 Å². The van der Waals surface area contributed by atoms with Crippen molar-refractivity contribution < 1.29 is 4.79 Å². The van der Waals surface area contributed by atoms with E-state index in [1.807, 2.05) is 31.2 Å². The van der Waals surface area contributed by atoms with Crippen LogP contribution in [0.5, 0.6) is 0 Å². The maximum absolute atomic E-state index is 12.4. The Balaban J connectivity index is 1.74. The molecule has 2 aromatic rings. The molecule has 1 saturated carbocycles. The van der Waals surface area contributed by atoms with Crippen LogP contribution in [0.2, 0.25) is 0 Å². The molecule has 3 rings (SSSR count). The molecular formula is C20H23NO. The molecule has 1 aliphatic carbocycles. The van der Waals surface area contributed by atoms with Crippen molar-refractivity contribution >= 4 is 5.91 Å². The number of hydrogen-bond donors (Lipinski definition) is 1. The van der Waals surface area contributed by atoms with Gasteiger partial charge in [-0.15, -0.1) is 0 Å². The number of hydrogen-bond acceptors (Lipinski definition) is 1. The van der Waals surface area contributed by atoms with Gasteiger partial charge in [0.15, 0.2) is 0 Å². The summed E-state index contributed by atoms with van der Waals surface area (Å²) in [5, 5.41) is 3.20. The van der Waals surface area contributed by atoms with Gasteiger partial charge < -0.3 is 5.32 Å². The van der Waals surface area contributed by atoms with Crippen LogP contribution in [-0.2, 0) is 0 Å². The molecule has 0 saturated heterocycles. The molecule has 1 amide bonds. The lowest BCUT2D eigenvalue weighted by Crippen LogP contribution is -2.28. The van der Waals surface area contributed by atoms with Gasteiger partial charge in [-0.3, -0.25) is 4.79 Å². The number of amides is 1. The molecule has 2 nitrogen and oxygen atoms in total. The van der Waals surface area contributed by atoms with Crippen LogP contribution in [-0.4, -0.2) is 11.9 Å². The Kier molecular flexibility index (Phi) is 3.56. The topological polar surface area (TPSA) is 29.1 Å². The van der Waals surface area contributed by atoms with Crippen LogP contribution < -0.4 is 5.32 Å². The second-order valence-electron chi connectivity index (χ2n) is 7.03. The van der Waals surface area contributed by atoms with Gasteiger partial charge in [-0.2, -0.15) is 0 Å². The summed E-state index contributed by atoms with van der Waals surface area (Å²) in [5.74, 6) is 0.412. The van der Waals surface area contributed by atoms with Crippen molar-refractivity contribution in [3.05, 3.63) is 70.8 Å². The monoisotopic (exact) mass is 293 g/mol. The predicted octanol–water partition coefficient (Wildman–Crippen LogP) is 4.23. The summed E-state index contributed by atoms with van der Waals surface area (Å²) in [4.78, 5) is 12.4. The standard InChI is InChI=1S/C20H23NO/c1-13-5-9-15(10-6-13)17-18(20(17,3)4)21-19(22)16-11-7-14(2)8-12-16/h5-12,17-18H,1-4H3,(H,21,22)/t17-,18-/m1/s1. The maximum atomic E-state index is 12.4. The molecule has 1 aliphatic rings. The Morgan fingerprint density at radius 2 is 1.41 bits per heavy atom. The summed E-state index contributed by atoms with van der Waals surface area (Å²) in [5.41, 5.74) is 4.58. The minimum Gasteiger partial charge on any atom is -0.348 e. The van der Waals surface area contributed by atoms with Crippen molar-refractivity contribution in [2.75, 3.05) is 0 Å². The van der Waals surface area contributed by atoms with Crippen molar-refractivity contribution in [1.29, 1.82) is 0 Å². The first-order valence-electron chi connectivity index (χ1n) is 7.83. The molecule has 0 radical (unpaired) electrons. The van der Waals surface area contributed by atoms with Crippen molar-refractivity contribution in [1.82, 2.24) is 5.32 Å². The quantitative estimate of drug-likeness (QED) is 0.901. The first-order valence-corrected chi connectivity index (χ1v) is 7.83. The lowest BCUT2D eigenvalue weighted by atomic mass is 10.0. The van der Waals surface area contributed by atoms with Gasteiger partial charge in [-0.05, 0) is 37.0 Å². The third-order valence-corrected chi connectivity index (χ3v) is 4.86. The molecule has 2 heteroatoms. The first-order chi connectivity index (χ1) is 10.4. The summed E-state index contributed by atoms with van der Waals surface area (Å²) in [7, 11) is 0. The zero-order valence-electron chi connectivity index (χ0n) is 13.7. The summed E-state index contributed by atoms with van der Waals surface area (Å²) in [6.45, 7) is 8.56. The van der Waals surface area contributed by atoms with Crippen molar-refractivity contribution in [2.45, 2.75) is 39.7 Å². The Bertz CT molecular complexity index is 683. The fraction of sp³-hybridized carbons (Fsp3) is 0.350. The van der Waals surface area contributed by atoms with Crippen molar-refractivity contribution in [2.24, 2.45) is 5.41 Å². The van der Waals surface area contributed by atoms with Gasteiger partial charge in [0, 0.05) is 17.5 Å². The van der Waals surface area contributed by atoms with E-state index in [4.69, 9.17) is 0 Å². The highest BCUT2D eigenvalue weighted by atomic mass is 16.1. The summed E-state index contributed by atoms with van der Waals surface area (Å²) in [6, 6.07) is 16.6. The normalized spacial score (nSPS) is 22.2. The molecule has 0 heterocycles. The fourth-order valence-corrected chi connectivity index (χ4v) is 3.23. The van der Waals surface area contributed by atoms with E-state index in [0.29, 0.717) is 5.92 Å². The Morgan fingerprint density at radius 1 is 0.909 bits per heavy atom. The van der Waals surface area contributed by atoms with E-state index in [0.717, 1.165) is 5.56 Å². The zero-order chi connectivity index (χ0) is 15.9. The van der Waals surface area contributed by atoms with Gasteiger partial charge in [-0.1, -0.05) is 61.4 Å². The van der Waals surface area contributed by atoms with Crippen LogP contribution in [0, 0.1) is 19.3 Å². The summed E-state index contributed by atoms with van der Waals surface area (Å²) in [6.07, 6.45) is 0. The first kappa shape index (κ1) is 14.8. The average Bonchev–Trinajstić information content (AvgIpc) is 3.01. The van der Waals surface area contributed by atoms with E-state index in [1.54, 1.807) is 0 Å². The SMILES string of the molecule is Cc1ccc(C(=O)N[C@@H]2[C@@H](c3ccc(C)cc3)C2(C)C)cc1. The second kappa shape index (κ2) is 5.28. The van der Waals surface area contributed by atoms with Crippen molar-refractivity contribution in [3.8, 4) is 0 Å². The van der Waals surface area contributed by atoms with Crippen LogP contribution in [0.25, 0.3) is 0 Å². The highest BCUT2D eigenvalue weighted by Gasteiger charge is 2.59. The zero-order valence-corrected chi connectivity index (χ0v) is 13.7. The summed E-state index contributed by atoms with van der Waals surface area (Å²) >= 11 is 0.